The van der Waals surface area contributed by atoms with Gasteiger partial charge in [-0.3, -0.25) is 14.6 Å². The number of thioether (sulfide) groups is 1. The highest BCUT2D eigenvalue weighted by Crippen LogP contribution is 2.07. The van der Waals surface area contributed by atoms with E-state index in [-0.39, 0.29) is 5.91 Å². The van der Waals surface area contributed by atoms with Crippen LogP contribution in [-0.4, -0.2) is 64.5 Å². The molecule has 6 N–H and O–H groups in total. The highest BCUT2D eigenvalue weighted by Gasteiger charge is 2.29. The molecule has 2 amide bonds. The summed E-state index contributed by atoms with van der Waals surface area (Å²) in [5.41, 5.74) is 5.90. The third kappa shape index (κ3) is 8.18. The highest BCUT2D eigenvalue weighted by molar-refractivity contribution is 7.98. The summed E-state index contributed by atoms with van der Waals surface area (Å²) in [4.78, 5) is 28.8. The zero-order valence-electron chi connectivity index (χ0n) is 14.9. The number of nitrogens with two attached hydrogens (primary N) is 1. The molecule has 0 aliphatic heterocycles. The Morgan fingerprint density at radius 1 is 1.23 bits per heavy atom. The summed E-state index contributed by atoms with van der Waals surface area (Å²) >= 11 is 1.54. The summed E-state index contributed by atoms with van der Waals surface area (Å²) < 4.78 is 0. The Labute approximate surface area is 158 Å². The van der Waals surface area contributed by atoms with Crippen molar-refractivity contribution in [2.24, 2.45) is 5.73 Å². The third-order valence-corrected chi connectivity index (χ3v) is 4.48. The van der Waals surface area contributed by atoms with Crippen molar-refractivity contribution in [3.63, 3.8) is 0 Å². The van der Waals surface area contributed by atoms with E-state index in [4.69, 9.17) is 5.73 Å². The maximum absolute atomic E-state index is 12.6. The van der Waals surface area contributed by atoms with Crippen LogP contribution in [0.1, 0.15) is 36.0 Å². The standard InChI is InChI=1S/C16H27BN4O4S/c1-26-11-7-14(17(24)25)21-16(23)13(4-2-3-8-18)20-15(22)12-5-9-19-10-6-12/h5-6,9-10,13-14,24-25H,2-4,7-8,11,18H2,1H3,(H,20,22)(H,21,23)/t13-,14-/m0/s1. The van der Waals surface area contributed by atoms with E-state index in [9.17, 15) is 19.6 Å². The van der Waals surface area contributed by atoms with E-state index >= 15 is 0 Å². The van der Waals surface area contributed by atoms with E-state index in [0.717, 1.165) is 6.42 Å². The predicted octanol–water partition coefficient (Wildman–Crippen LogP) is -0.441. The van der Waals surface area contributed by atoms with Crippen LogP contribution in [0.15, 0.2) is 24.5 Å². The Balaban J connectivity index is 2.76. The van der Waals surface area contributed by atoms with E-state index in [2.05, 4.69) is 15.6 Å². The van der Waals surface area contributed by atoms with Crippen molar-refractivity contribution in [2.75, 3.05) is 18.6 Å². The third-order valence-electron chi connectivity index (χ3n) is 3.83. The summed E-state index contributed by atoms with van der Waals surface area (Å²) in [6.45, 7) is 0.498. The second-order valence-corrected chi connectivity index (χ2v) is 6.84. The number of pyridine rings is 1. The number of hydrogen-bond donors (Lipinski definition) is 5. The molecule has 0 aliphatic rings. The van der Waals surface area contributed by atoms with E-state index in [0.29, 0.717) is 37.1 Å². The fourth-order valence-electron chi connectivity index (χ4n) is 2.33. The van der Waals surface area contributed by atoms with Crippen LogP contribution >= 0.6 is 11.8 Å². The first kappa shape index (κ1) is 22.4. The van der Waals surface area contributed by atoms with Gasteiger partial charge in [-0.2, -0.15) is 11.8 Å². The second kappa shape index (κ2) is 12.7. The van der Waals surface area contributed by atoms with Crippen LogP contribution in [0.4, 0.5) is 0 Å². The highest BCUT2D eigenvalue weighted by atomic mass is 32.2. The van der Waals surface area contributed by atoms with Crippen molar-refractivity contribution in [1.29, 1.82) is 0 Å². The lowest BCUT2D eigenvalue weighted by Gasteiger charge is -2.23. The van der Waals surface area contributed by atoms with Crippen molar-refractivity contribution in [3.05, 3.63) is 30.1 Å². The number of nitrogens with one attached hydrogen (secondary N) is 2. The van der Waals surface area contributed by atoms with Gasteiger partial charge >= 0.3 is 7.12 Å². The molecule has 0 unspecified atom stereocenters. The minimum atomic E-state index is -1.66. The van der Waals surface area contributed by atoms with Gasteiger partial charge in [0.1, 0.15) is 6.04 Å². The molecule has 1 aromatic rings. The molecule has 0 fully saturated rings. The van der Waals surface area contributed by atoms with Crippen molar-refractivity contribution >= 4 is 30.7 Å². The van der Waals surface area contributed by atoms with Crippen LogP contribution in [0, 0.1) is 0 Å². The SMILES string of the molecule is CSCC[C@H](NC(=O)[C@H](CCCCN)NC(=O)c1ccncc1)B(O)O. The molecule has 1 rings (SSSR count). The Bertz CT molecular complexity index is 550. The predicted molar refractivity (Wildman–Crippen MR) is 104 cm³/mol. The lowest BCUT2D eigenvalue weighted by atomic mass is 9.77. The van der Waals surface area contributed by atoms with Crippen molar-refractivity contribution < 1.29 is 19.6 Å². The summed E-state index contributed by atoms with van der Waals surface area (Å²) in [7, 11) is -1.66. The van der Waals surface area contributed by atoms with E-state index in [1.807, 2.05) is 6.26 Å². The lowest BCUT2D eigenvalue weighted by molar-refractivity contribution is -0.123. The number of carbonyl (C=O) groups excluding carboxylic acids is 2. The van der Waals surface area contributed by atoms with Crippen LogP contribution in [0.2, 0.25) is 0 Å². The van der Waals surface area contributed by atoms with Crippen LogP contribution in [-0.2, 0) is 4.79 Å². The van der Waals surface area contributed by atoms with E-state index in [1.165, 1.54) is 12.4 Å². The van der Waals surface area contributed by atoms with Gasteiger partial charge in [0, 0.05) is 18.0 Å². The fraction of sp³-hybridized carbons (Fsp3) is 0.562. The number of hydrogen-bond acceptors (Lipinski definition) is 7. The monoisotopic (exact) mass is 382 g/mol. The van der Waals surface area contributed by atoms with Crippen LogP contribution in [0.5, 0.6) is 0 Å². The first-order valence-electron chi connectivity index (χ1n) is 8.56. The molecule has 0 spiro atoms. The van der Waals surface area contributed by atoms with Crippen LogP contribution < -0.4 is 16.4 Å². The average molecular weight is 382 g/mol. The number of rotatable bonds is 12. The molecule has 1 heterocycles. The summed E-state index contributed by atoms with van der Waals surface area (Å²) in [5.74, 6) is -0.942. The lowest BCUT2D eigenvalue weighted by Crippen LogP contribution is -2.54. The van der Waals surface area contributed by atoms with Crippen molar-refractivity contribution in [1.82, 2.24) is 15.6 Å². The van der Waals surface area contributed by atoms with E-state index in [1.54, 1.807) is 23.9 Å². The minimum Gasteiger partial charge on any atom is -0.426 e. The topological polar surface area (TPSA) is 138 Å². The molecule has 0 radical (unpaired) electrons. The van der Waals surface area contributed by atoms with Gasteiger partial charge in [-0.1, -0.05) is 0 Å². The molecule has 0 saturated heterocycles. The quantitative estimate of drug-likeness (QED) is 0.244. The molecule has 1 aromatic heterocycles. The average Bonchev–Trinajstić information content (AvgIpc) is 2.64. The Hall–Kier alpha value is -1.62. The van der Waals surface area contributed by atoms with Crippen molar-refractivity contribution in [2.45, 2.75) is 37.7 Å². The van der Waals surface area contributed by atoms with Gasteiger partial charge in [-0.25, -0.2) is 0 Å². The molecule has 0 aliphatic carbocycles. The molecule has 144 valence electrons. The normalized spacial score (nSPS) is 12.9. The minimum absolute atomic E-state index is 0.384. The molecule has 8 nitrogen and oxygen atoms in total. The number of aromatic nitrogens is 1. The Kier molecular flexibility index (Phi) is 10.9. The molecule has 2 atom stereocenters. The largest absolute Gasteiger partial charge is 0.475 e. The number of unbranched alkanes of at least 4 members (excludes halogenated alkanes) is 1. The van der Waals surface area contributed by atoms with Crippen LogP contribution in [0.25, 0.3) is 0 Å². The number of nitrogens with zero attached hydrogens (tertiary/aromatic N) is 1. The molecule has 10 heteroatoms. The maximum atomic E-state index is 12.6. The summed E-state index contributed by atoms with van der Waals surface area (Å²) in [6, 6.07) is 2.34. The number of amides is 2. The fourth-order valence-corrected chi connectivity index (χ4v) is 2.82. The zero-order valence-corrected chi connectivity index (χ0v) is 15.7. The van der Waals surface area contributed by atoms with Gasteiger partial charge in [0.25, 0.3) is 5.91 Å². The molecule has 0 bridgehead atoms. The van der Waals surface area contributed by atoms with Gasteiger partial charge in [0.05, 0.1) is 5.94 Å². The summed E-state index contributed by atoms with van der Waals surface area (Å²) in [6.07, 6.45) is 7.12. The van der Waals surface area contributed by atoms with Crippen molar-refractivity contribution in [3.8, 4) is 0 Å². The smallest absolute Gasteiger partial charge is 0.426 e. The van der Waals surface area contributed by atoms with E-state index < -0.39 is 25.0 Å². The van der Waals surface area contributed by atoms with Gasteiger partial charge in [0.2, 0.25) is 5.91 Å². The van der Waals surface area contributed by atoms with Gasteiger partial charge in [-0.05, 0) is 56.4 Å². The number of carbonyl (C=O) groups is 2. The zero-order chi connectivity index (χ0) is 19.4. The van der Waals surface area contributed by atoms with Gasteiger partial charge < -0.3 is 26.4 Å². The Morgan fingerprint density at radius 2 is 1.92 bits per heavy atom. The molecule has 0 aromatic carbocycles. The summed E-state index contributed by atoms with van der Waals surface area (Å²) in [5, 5.41) is 24.3. The molecule has 26 heavy (non-hydrogen) atoms. The molecular weight excluding hydrogens is 355 g/mol. The second-order valence-electron chi connectivity index (χ2n) is 5.86. The Morgan fingerprint density at radius 3 is 2.50 bits per heavy atom. The maximum Gasteiger partial charge on any atom is 0.475 e. The van der Waals surface area contributed by atoms with Gasteiger partial charge in [0.15, 0.2) is 0 Å². The van der Waals surface area contributed by atoms with Crippen LogP contribution in [0.3, 0.4) is 0 Å². The molecular formula is C16H27BN4O4S. The van der Waals surface area contributed by atoms with Gasteiger partial charge in [-0.15, -0.1) is 0 Å². The first-order valence-corrected chi connectivity index (χ1v) is 9.95. The molecule has 0 saturated carbocycles. The first-order chi connectivity index (χ1) is 12.5.